The summed E-state index contributed by atoms with van der Waals surface area (Å²) >= 11 is 11.0. The van der Waals surface area contributed by atoms with Crippen LogP contribution in [0.4, 0.5) is 5.69 Å². The molecule has 0 unspecified atom stereocenters. The van der Waals surface area contributed by atoms with Gasteiger partial charge in [0.25, 0.3) is 5.91 Å². The third-order valence-electron chi connectivity index (χ3n) is 2.97. The Labute approximate surface area is 142 Å². The third-order valence-corrected chi connectivity index (χ3v) is 4.74. The topological polar surface area (TPSA) is 33.2 Å². The first-order valence-electron chi connectivity index (χ1n) is 6.43. The number of carbonyl (C=O) groups excluding carboxylic acids is 1. The molecule has 1 aromatic heterocycles. The Morgan fingerprint density at radius 2 is 2.05 bits per heavy atom. The van der Waals surface area contributed by atoms with Gasteiger partial charge in [0, 0.05) is 5.54 Å². The Kier molecular flexibility index (Phi) is 4.76. The van der Waals surface area contributed by atoms with Gasteiger partial charge in [-0.25, -0.2) is 4.98 Å². The third kappa shape index (κ3) is 3.47. The normalized spacial score (nSPS) is 11.5. The Balaban J connectivity index is 2.57. The molecule has 0 N–H and O–H groups in total. The van der Waals surface area contributed by atoms with Crippen molar-refractivity contribution in [2.75, 3.05) is 4.90 Å². The Hall–Kier alpha value is -0.910. The summed E-state index contributed by atoms with van der Waals surface area (Å²) in [5.41, 5.74) is 1.32. The van der Waals surface area contributed by atoms with Crippen LogP contribution in [-0.4, -0.2) is 16.4 Å². The number of halogens is 2. The van der Waals surface area contributed by atoms with E-state index in [0.717, 1.165) is 11.3 Å². The number of nitrogens with zero attached hydrogens (tertiary/aromatic N) is 2. The highest BCUT2D eigenvalue weighted by atomic mass is 79.9. The summed E-state index contributed by atoms with van der Waals surface area (Å²) in [5, 5.41) is 0.571. The number of hydrogen-bond acceptors (Lipinski definition) is 3. The molecule has 0 aliphatic heterocycles. The van der Waals surface area contributed by atoms with E-state index in [1.807, 2.05) is 39.8 Å². The number of amides is 1. The standard InChI is InChI=1S/C15H16BrClN2OS/c1-9-6-5-7-10(17)12(9)19(15(2,3)4)13(20)11-8-18-14(16)21-11/h5-8H,1-4H3. The minimum Gasteiger partial charge on any atom is -0.301 e. The Morgan fingerprint density at radius 1 is 1.38 bits per heavy atom. The fraction of sp³-hybridized carbons (Fsp3) is 0.333. The lowest BCUT2D eigenvalue weighted by Crippen LogP contribution is -2.46. The first kappa shape index (κ1) is 16.5. The van der Waals surface area contributed by atoms with Crippen LogP contribution in [0.2, 0.25) is 5.02 Å². The van der Waals surface area contributed by atoms with Crippen molar-refractivity contribution in [3.8, 4) is 0 Å². The van der Waals surface area contributed by atoms with Crippen LogP contribution >= 0.6 is 38.9 Å². The van der Waals surface area contributed by atoms with E-state index >= 15 is 0 Å². The second-order valence-electron chi connectivity index (χ2n) is 5.69. The number of para-hydroxylation sites is 1. The van der Waals surface area contributed by atoms with Gasteiger partial charge < -0.3 is 4.90 Å². The minimum atomic E-state index is -0.400. The maximum absolute atomic E-state index is 12.9. The van der Waals surface area contributed by atoms with Gasteiger partial charge in [-0.15, -0.1) is 11.3 Å². The summed E-state index contributed by atoms with van der Waals surface area (Å²) in [6.07, 6.45) is 1.59. The molecule has 21 heavy (non-hydrogen) atoms. The molecular weight excluding hydrogens is 372 g/mol. The van der Waals surface area contributed by atoms with Crippen LogP contribution in [0.5, 0.6) is 0 Å². The number of benzene rings is 1. The highest BCUT2D eigenvalue weighted by Crippen LogP contribution is 2.36. The molecule has 0 saturated heterocycles. The van der Waals surface area contributed by atoms with E-state index in [4.69, 9.17) is 11.6 Å². The van der Waals surface area contributed by atoms with Gasteiger partial charge in [0.1, 0.15) is 4.88 Å². The van der Waals surface area contributed by atoms with Crippen molar-refractivity contribution in [2.45, 2.75) is 33.2 Å². The molecule has 0 radical (unpaired) electrons. The van der Waals surface area contributed by atoms with Gasteiger partial charge in [-0.1, -0.05) is 23.7 Å². The molecule has 6 heteroatoms. The molecule has 0 bridgehead atoms. The van der Waals surface area contributed by atoms with Crippen LogP contribution < -0.4 is 4.90 Å². The quantitative estimate of drug-likeness (QED) is 0.699. The van der Waals surface area contributed by atoms with Gasteiger partial charge in [-0.3, -0.25) is 4.79 Å². The average Bonchev–Trinajstić information content (AvgIpc) is 2.78. The van der Waals surface area contributed by atoms with E-state index in [9.17, 15) is 4.79 Å². The molecule has 2 rings (SSSR count). The molecule has 1 aromatic carbocycles. The van der Waals surface area contributed by atoms with Gasteiger partial charge in [0.05, 0.1) is 16.9 Å². The van der Waals surface area contributed by atoms with Gasteiger partial charge in [0.2, 0.25) is 0 Å². The maximum atomic E-state index is 12.9. The molecule has 1 amide bonds. The van der Waals surface area contributed by atoms with E-state index in [1.165, 1.54) is 11.3 Å². The molecular formula is C15H16BrClN2OS. The van der Waals surface area contributed by atoms with Crippen molar-refractivity contribution in [1.29, 1.82) is 0 Å². The van der Waals surface area contributed by atoms with Crippen molar-refractivity contribution in [2.24, 2.45) is 0 Å². The smallest absolute Gasteiger partial charge is 0.270 e. The van der Waals surface area contributed by atoms with Gasteiger partial charge >= 0.3 is 0 Å². The monoisotopic (exact) mass is 386 g/mol. The zero-order valence-electron chi connectivity index (χ0n) is 12.3. The number of hydrogen-bond donors (Lipinski definition) is 0. The molecule has 1 heterocycles. The van der Waals surface area contributed by atoms with E-state index < -0.39 is 5.54 Å². The minimum absolute atomic E-state index is 0.0955. The number of anilines is 1. The van der Waals surface area contributed by atoms with Crippen LogP contribution in [0.15, 0.2) is 28.3 Å². The Morgan fingerprint density at radius 3 is 2.52 bits per heavy atom. The first-order valence-corrected chi connectivity index (χ1v) is 8.41. The van der Waals surface area contributed by atoms with E-state index in [0.29, 0.717) is 13.8 Å². The molecule has 0 aliphatic rings. The second-order valence-corrected chi connectivity index (χ2v) is 8.41. The van der Waals surface area contributed by atoms with Gasteiger partial charge in [0.15, 0.2) is 3.92 Å². The van der Waals surface area contributed by atoms with Crippen molar-refractivity contribution in [1.82, 2.24) is 4.98 Å². The summed E-state index contributed by atoms with van der Waals surface area (Å²) < 4.78 is 0.690. The number of carbonyl (C=O) groups is 1. The molecule has 0 saturated carbocycles. The number of thiazole rings is 1. The maximum Gasteiger partial charge on any atom is 0.270 e. The molecule has 0 spiro atoms. The van der Waals surface area contributed by atoms with Crippen molar-refractivity contribution < 1.29 is 4.79 Å². The summed E-state index contributed by atoms with van der Waals surface area (Å²) in [4.78, 5) is 19.3. The van der Waals surface area contributed by atoms with Crippen LogP contribution in [0.1, 0.15) is 36.0 Å². The zero-order chi connectivity index (χ0) is 15.8. The fourth-order valence-electron chi connectivity index (χ4n) is 2.11. The SMILES string of the molecule is Cc1cccc(Cl)c1N(C(=O)c1cnc(Br)s1)C(C)(C)C. The first-order chi connectivity index (χ1) is 9.71. The number of rotatable bonds is 2. The zero-order valence-corrected chi connectivity index (χ0v) is 15.4. The summed E-state index contributed by atoms with van der Waals surface area (Å²) in [6.45, 7) is 7.92. The van der Waals surface area contributed by atoms with Crippen molar-refractivity contribution >= 4 is 50.5 Å². The van der Waals surface area contributed by atoms with Crippen LogP contribution in [0, 0.1) is 6.92 Å². The van der Waals surface area contributed by atoms with Crippen molar-refractivity contribution in [3.05, 3.63) is 43.8 Å². The average molecular weight is 388 g/mol. The summed E-state index contributed by atoms with van der Waals surface area (Å²) in [6, 6.07) is 5.64. The van der Waals surface area contributed by atoms with E-state index in [-0.39, 0.29) is 5.91 Å². The Bertz CT molecular complexity index is 658. The van der Waals surface area contributed by atoms with E-state index in [1.54, 1.807) is 17.2 Å². The summed E-state index contributed by atoms with van der Waals surface area (Å²) in [7, 11) is 0. The molecule has 112 valence electrons. The fourth-order valence-corrected chi connectivity index (χ4v) is 3.61. The lowest BCUT2D eigenvalue weighted by atomic mass is 10.0. The predicted molar refractivity (Wildman–Crippen MR) is 92.6 cm³/mol. The molecule has 2 aromatic rings. The highest BCUT2D eigenvalue weighted by Gasteiger charge is 2.32. The highest BCUT2D eigenvalue weighted by molar-refractivity contribution is 9.11. The molecule has 3 nitrogen and oxygen atoms in total. The number of aromatic nitrogens is 1. The van der Waals surface area contributed by atoms with Crippen LogP contribution in [0.25, 0.3) is 0 Å². The van der Waals surface area contributed by atoms with Crippen LogP contribution in [0.3, 0.4) is 0 Å². The molecule has 0 aliphatic carbocycles. The molecule has 0 fully saturated rings. The largest absolute Gasteiger partial charge is 0.301 e. The van der Waals surface area contributed by atoms with Gasteiger partial charge in [-0.2, -0.15) is 0 Å². The lowest BCUT2D eigenvalue weighted by Gasteiger charge is -2.37. The lowest BCUT2D eigenvalue weighted by molar-refractivity contribution is 0.0969. The van der Waals surface area contributed by atoms with E-state index in [2.05, 4.69) is 20.9 Å². The van der Waals surface area contributed by atoms with Crippen molar-refractivity contribution in [3.63, 3.8) is 0 Å². The predicted octanol–water partition coefficient (Wildman–Crippen LogP) is 5.31. The molecule has 0 atom stereocenters. The number of aryl methyl sites for hydroxylation is 1. The van der Waals surface area contributed by atoms with Crippen LogP contribution in [-0.2, 0) is 0 Å². The second kappa shape index (κ2) is 6.07. The summed E-state index contributed by atoms with van der Waals surface area (Å²) in [5.74, 6) is -0.0955. The van der Waals surface area contributed by atoms with Gasteiger partial charge in [-0.05, 0) is 55.3 Å².